The second-order valence-corrected chi connectivity index (χ2v) is 8.46. The van der Waals surface area contributed by atoms with Crippen molar-refractivity contribution in [3.05, 3.63) is 73.3 Å². The quantitative estimate of drug-likeness (QED) is 0.450. The van der Waals surface area contributed by atoms with Gasteiger partial charge in [-0.25, -0.2) is 0 Å². The Bertz CT molecular complexity index is 1070. The van der Waals surface area contributed by atoms with Crippen LogP contribution in [0.2, 0.25) is 10.0 Å². The number of aromatic nitrogens is 1. The van der Waals surface area contributed by atoms with Crippen molar-refractivity contribution in [2.45, 2.75) is 40.2 Å². The van der Waals surface area contributed by atoms with Crippen LogP contribution >= 0.6 is 34.5 Å². The van der Waals surface area contributed by atoms with E-state index in [4.69, 9.17) is 23.2 Å². The molecule has 3 rings (SSSR count). The number of hydrogen-bond acceptors (Lipinski definition) is 2. The Hall–Kier alpha value is -1.88. The maximum atomic E-state index is 12.8. The second-order valence-electron chi connectivity index (χ2n) is 6.56. The molecule has 0 saturated carbocycles. The van der Waals surface area contributed by atoms with Gasteiger partial charge in [-0.2, -0.15) is 4.99 Å². The first-order chi connectivity index (χ1) is 13.4. The molecule has 0 bridgehead atoms. The van der Waals surface area contributed by atoms with E-state index in [0.717, 1.165) is 30.6 Å². The summed E-state index contributed by atoms with van der Waals surface area (Å²) in [5, 5.41) is 0.807. The Morgan fingerprint density at radius 2 is 1.82 bits per heavy atom. The van der Waals surface area contributed by atoms with E-state index in [1.807, 2.05) is 0 Å². The van der Waals surface area contributed by atoms with Gasteiger partial charge in [0.15, 0.2) is 4.80 Å². The number of benzene rings is 2. The van der Waals surface area contributed by atoms with E-state index in [9.17, 15) is 4.79 Å². The molecule has 28 heavy (non-hydrogen) atoms. The Morgan fingerprint density at radius 3 is 2.43 bits per heavy atom. The lowest BCUT2D eigenvalue weighted by Gasteiger charge is -2.09. The standard InChI is InChI=1S/C22H22Cl2N2OS/c1-4-6-19-20(15-9-7-14(3)8-10-15)26(5-2)22(28-19)25-21(27)17-12-11-16(23)13-18(17)24/h7-13H,4-6H2,1-3H3. The molecule has 0 unspecified atom stereocenters. The van der Waals surface area contributed by atoms with Gasteiger partial charge in [-0.1, -0.05) is 66.4 Å². The molecular weight excluding hydrogens is 411 g/mol. The van der Waals surface area contributed by atoms with Crippen molar-refractivity contribution in [2.24, 2.45) is 4.99 Å². The highest BCUT2D eigenvalue weighted by molar-refractivity contribution is 7.09. The average Bonchev–Trinajstić information content (AvgIpc) is 2.99. The number of aryl methyl sites for hydroxylation is 2. The number of rotatable bonds is 5. The fourth-order valence-corrected chi connectivity index (χ4v) is 4.87. The summed E-state index contributed by atoms with van der Waals surface area (Å²) in [4.78, 5) is 19.1. The van der Waals surface area contributed by atoms with Gasteiger partial charge in [0, 0.05) is 16.4 Å². The lowest BCUT2D eigenvalue weighted by molar-refractivity contribution is 0.0998. The maximum absolute atomic E-state index is 12.8. The van der Waals surface area contributed by atoms with Crippen LogP contribution in [-0.4, -0.2) is 10.5 Å². The molecule has 0 aliphatic carbocycles. The minimum absolute atomic E-state index is 0.313. The SMILES string of the molecule is CCCc1sc(=NC(=O)c2ccc(Cl)cc2Cl)n(CC)c1-c1ccc(C)cc1. The summed E-state index contributed by atoms with van der Waals surface area (Å²) in [6.07, 6.45) is 1.97. The summed E-state index contributed by atoms with van der Waals surface area (Å²) >= 11 is 13.7. The van der Waals surface area contributed by atoms with Gasteiger partial charge >= 0.3 is 0 Å². The van der Waals surface area contributed by atoms with Crippen molar-refractivity contribution < 1.29 is 4.79 Å². The molecule has 1 heterocycles. The van der Waals surface area contributed by atoms with Gasteiger partial charge in [-0.15, -0.1) is 11.3 Å². The maximum Gasteiger partial charge on any atom is 0.281 e. The third-order valence-electron chi connectivity index (χ3n) is 4.46. The zero-order valence-corrected chi connectivity index (χ0v) is 18.5. The van der Waals surface area contributed by atoms with Crippen molar-refractivity contribution in [3.8, 4) is 11.3 Å². The lowest BCUT2D eigenvalue weighted by atomic mass is 10.1. The molecule has 3 aromatic rings. The molecule has 2 aromatic carbocycles. The fourth-order valence-electron chi connectivity index (χ4n) is 3.07. The van der Waals surface area contributed by atoms with Crippen molar-refractivity contribution >= 4 is 40.4 Å². The number of halogens is 2. The van der Waals surface area contributed by atoms with E-state index in [2.05, 4.69) is 54.6 Å². The summed E-state index contributed by atoms with van der Waals surface area (Å²) in [6, 6.07) is 13.3. The highest BCUT2D eigenvalue weighted by Crippen LogP contribution is 2.28. The van der Waals surface area contributed by atoms with Crippen LogP contribution in [0, 0.1) is 6.92 Å². The molecule has 6 heteroatoms. The molecule has 0 atom stereocenters. The van der Waals surface area contributed by atoms with Crippen molar-refractivity contribution in [1.82, 2.24) is 4.57 Å². The van der Waals surface area contributed by atoms with Gasteiger partial charge in [0.25, 0.3) is 5.91 Å². The zero-order chi connectivity index (χ0) is 20.3. The smallest absolute Gasteiger partial charge is 0.281 e. The molecule has 3 nitrogen and oxygen atoms in total. The predicted molar refractivity (Wildman–Crippen MR) is 119 cm³/mol. The van der Waals surface area contributed by atoms with Crippen LogP contribution in [-0.2, 0) is 13.0 Å². The molecular formula is C22H22Cl2N2OS. The fraction of sp³-hybridized carbons (Fsp3) is 0.273. The monoisotopic (exact) mass is 432 g/mol. The summed E-state index contributed by atoms with van der Waals surface area (Å²) < 4.78 is 2.11. The normalized spacial score (nSPS) is 11.8. The first-order valence-corrected chi connectivity index (χ1v) is 10.9. The highest BCUT2D eigenvalue weighted by Gasteiger charge is 2.16. The van der Waals surface area contributed by atoms with Crippen LogP contribution in [0.5, 0.6) is 0 Å². The highest BCUT2D eigenvalue weighted by atomic mass is 35.5. The molecule has 0 aliphatic heterocycles. The Morgan fingerprint density at radius 1 is 1.11 bits per heavy atom. The van der Waals surface area contributed by atoms with Crippen molar-refractivity contribution in [2.75, 3.05) is 0 Å². The topological polar surface area (TPSA) is 34.4 Å². The molecule has 0 spiro atoms. The van der Waals surface area contributed by atoms with Crippen LogP contribution in [0.1, 0.15) is 41.1 Å². The van der Waals surface area contributed by atoms with E-state index < -0.39 is 0 Å². The van der Waals surface area contributed by atoms with Gasteiger partial charge in [0.2, 0.25) is 0 Å². The van der Waals surface area contributed by atoms with Crippen LogP contribution in [0.15, 0.2) is 47.5 Å². The Balaban J connectivity index is 2.15. The van der Waals surface area contributed by atoms with Crippen LogP contribution in [0.4, 0.5) is 0 Å². The summed E-state index contributed by atoms with van der Waals surface area (Å²) in [5.74, 6) is -0.358. The largest absolute Gasteiger partial charge is 0.316 e. The molecule has 1 amide bonds. The first-order valence-electron chi connectivity index (χ1n) is 9.28. The van der Waals surface area contributed by atoms with E-state index in [0.29, 0.717) is 20.4 Å². The molecule has 0 saturated heterocycles. The summed E-state index contributed by atoms with van der Waals surface area (Å²) in [5.41, 5.74) is 3.86. The Kier molecular flexibility index (Phi) is 6.76. The minimum atomic E-state index is -0.358. The second kappa shape index (κ2) is 9.08. The zero-order valence-electron chi connectivity index (χ0n) is 16.1. The van der Waals surface area contributed by atoms with Crippen LogP contribution < -0.4 is 4.80 Å². The molecule has 0 fully saturated rings. The molecule has 146 valence electrons. The first kappa shape index (κ1) is 20.8. The number of carbonyl (C=O) groups is 1. The third kappa shape index (κ3) is 4.40. The number of carbonyl (C=O) groups excluding carboxylic acids is 1. The van der Waals surface area contributed by atoms with E-state index in [1.165, 1.54) is 10.4 Å². The average molecular weight is 433 g/mol. The van der Waals surface area contributed by atoms with E-state index in [-0.39, 0.29) is 5.91 Å². The van der Waals surface area contributed by atoms with Gasteiger partial charge < -0.3 is 4.57 Å². The van der Waals surface area contributed by atoms with Crippen LogP contribution in [0.3, 0.4) is 0 Å². The van der Waals surface area contributed by atoms with Gasteiger partial charge in [-0.05, 0) is 44.0 Å². The van der Waals surface area contributed by atoms with Crippen LogP contribution in [0.25, 0.3) is 11.3 Å². The van der Waals surface area contributed by atoms with E-state index >= 15 is 0 Å². The lowest BCUT2D eigenvalue weighted by Crippen LogP contribution is -2.17. The van der Waals surface area contributed by atoms with Crippen molar-refractivity contribution in [3.63, 3.8) is 0 Å². The number of amides is 1. The molecule has 0 aliphatic rings. The van der Waals surface area contributed by atoms with Gasteiger partial charge in [-0.3, -0.25) is 4.79 Å². The minimum Gasteiger partial charge on any atom is -0.316 e. The number of thiazole rings is 1. The van der Waals surface area contributed by atoms with Crippen molar-refractivity contribution in [1.29, 1.82) is 0 Å². The predicted octanol–water partition coefficient (Wildman–Crippen LogP) is 6.55. The third-order valence-corrected chi connectivity index (χ3v) is 6.14. The summed E-state index contributed by atoms with van der Waals surface area (Å²) in [7, 11) is 0. The molecule has 0 radical (unpaired) electrons. The number of nitrogens with zero attached hydrogens (tertiary/aromatic N) is 2. The number of hydrogen-bond donors (Lipinski definition) is 0. The van der Waals surface area contributed by atoms with Gasteiger partial charge in [0.1, 0.15) is 0 Å². The Labute approximate surface area is 179 Å². The molecule has 0 N–H and O–H groups in total. The molecule has 1 aromatic heterocycles. The van der Waals surface area contributed by atoms with E-state index in [1.54, 1.807) is 29.5 Å². The van der Waals surface area contributed by atoms with Gasteiger partial charge in [0.05, 0.1) is 16.3 Å². The summed E-state index contributed by atoms with van der Waals surface area (Å²) in [6.45, 7) is 7.03.